The second kappa shape index (κ2) is 9.67. The smallest absolute Gasteiger partial charge is 0.271 e. The molecule has 4 nitrogen and oxygen atoms in total. The van der Waals surface area contributed by atoms with Gasteiger partial charge in [0, 0.05) is 5.39 Å². The lowest BCUT2D eigenvalue weighted by Gasteiger charge is -2.19. The summed E-state index contributed by atoms with van der Waals surface area (Å²) in [4.78, 5) is 21.3. The number of aryl methyl sites for hydroxylation is 4. The summed E-state index contributed by atoms with van der Waals surface area (Å²) in [6.07, 6.45) is 1.97. The van der Waals surface area contributed by atoms with E-state index in [1.54, 1.807) is 12.0 Å². The van der Waals surface area contributed by atoms with Crippen LogP contribution in [0.5, 0.6) is 5.75 Å². The molecule has 1 fully saturated rings. The highest BCUT2D eigenvalue weighted by atomic mass is 32.2. The molecule has 5 heteroatoms. The maximum absolute atomic E-state index is 13.9. The molecule has 1 aliphatic heterocycles. The Bertz CT molecular complexity index is 1570. The summed E-state index contributed by atoms with van der Waals surface area (Å²) in [7, 11) is 1.67. The first-order valence-electron chi connectivity index (χ1n) is 11.9. The molecule has 180 valence electrons. The van der Waals surface area contributed by atoms with E-state index in [0.29, 0.717) is 10.1 Å². The first kappa shape index (κ1) is 23.9. The molecule has 1 saturated heterocycles. The number of rotatable bonds is 4. The van der Waals surface area contributed by atoms with Crippen LogP contribution in [0.1, 0.15) is 27.8 Å². The number of thioether (sulfide) groups is 1. The van der Waals surface area contributed by atoms with Crippen LogP contribution in [-0.2, 0) is 4.79 Å². The van der Waals surface area contributed by atoms with Gasteiger partial charge in [0.15, 0.2) is 5.17 Å². The number of aliphatic imine (C=N–C) groups is 1. The molecule has 0 bridgehead atoms. The van der Waals surface area contributed by atoms with Gasteiger partial charge < -0.3 is 4.74 Å². The van der Waals surface area contributed by atoms with Gasteiger partial charge in [-0.1, -0.05) is 54.6 Å². The fraction of sp³-hybridized carbons (Fsp3) is 0.161. The van der Waals surface area contributed by atoms with Crippen LogP contribution < -0.4 is 9.64 Å². The number of hydrogen-bond acceptors (Lipinski definition) is 4. The van der Waals surface area contributed by atoms with E-state index in [0.717, 1.165) is 55.7 Å². The molecule has 0 radical (unpaired) electrons. The zero-order valence-corrected chi connectivity index (χ0v) is 21.9. The number of fused-ring (bicyclic) bond motifs is 1. The van der Waals surface area contributed by atoms with Crippen molar-refractivity contribution < 1.29 is 9.53 Å². The highest BCUT2D eigenvalue weighted by Crippen LogP contribution is 2.40. The van der Waals surface area contributed by atoms with Gasteiger partial charge in [0.05, 0.1) is 23.4 Å². The van der Waals surface area contributed by atoms with E-state index >= 15 is 0 Å². The topological polar surface area (TPSA) is 41.9 Å². The van der Waals surface area contributed by atoms with Crippen molar-refractivity contribution in [2.24, 2.45) is 4.99 Å². The van der Waals surface area contributed by atoms with Gasteiger partial charge in [0.25, 0.3) is 5.91 Å². The summed E-state index contributed by atoms with van der Waals surface area (Å²) in [5.74, 6) is 0.741. The fourth-order valence-corrected chi connectivity index (χ4v) is 5.38. The molecule has 4 aromatic carbocycles. The van der Waals surface area contributed by atoms with E-state index in [9.17, 15) is 4.79 Å². The zero-order chi connectivity index (χ0) is 25.4. The van der Waals surface area contributed by atoms with Gasteiger partial charge in [-0.15, -0.1) is 0 Å². The minimum Gasteiger partial charge on any atom is -0.496 e. The van der Waals surface area contributed by atoms with Crippen molar-refractivity contribution in [2.45, 2.75) is 27.7 Å². The number of anilines is 1. The number of benzene rings is 4. The summed E-state index contributed by atoms with van der Waals surface area (Å²) in [6.45, 7) is 8.17. The van der Waals surface area contributed by atoms with Gasteiger partial charge in [-0.2, -0.15) is 0 Å². The minimum absolute atomic E-state index is 0.0716. The average molecular weight is 493 g/mol. The zero-order valence-electron chi connectivity index (χ0n) is 21.1. The first-order valence-corrected chi connectivity index (χ1v) is 12.7. The molecule has 0 unspecified atom stereocenters. The van der Waals surface area contributed by atoms with Crippen LogP contribution in [0.15, 0.2) is 82.7 Å². The second-order valence-corrected chi connectivity index (χ2v) is 10.1. The van der Waals surface area contributed by atoms with Crippen molar-refractivity contribution in [1.82, 2.24) is 0 Å². The van der Waals surface area contributed by atoms with Gasteiger partial charge in [-0.25, -0.2) is 4.99 Å². The van der Waals surface area contributed by atoms with Crippen molar-refractivity contribution >= 4 is 51.1 Å². The fourth-order valence-electron chi connectivity index (χ4n) is 4.40. The van der Waals surface area contributed by atoms with Gasteiger partial charge in [0.2, 0.25) is 0 Å². The number of hydrogen-bond donors (Lipinski definition) is 0. The summed E-state index contributed by atoms with van der Waals surface area (Å²) in [6, 6.07) is 24.4. The monoisotopic (exact) mass is 492 g/mol. The Kier molecular flexibility index (Phi) is 6.42. The van der Waals surface area contributed by atoms with Crippen LogP contribution >= 0.6 is 11.8 Å². The highest BCUT2D eigenvalue weighted by molar-refractivity contribution is 8.19. The molecule has 0 N–H and O–H groups in total. The van der Waals surface area contributed by atoms with Crippen molar-refractivity contribution in [2.75, 3.05) is 12.0 Å². The molecule has 1 aliphatic rings. The number of nitrogens with zero attached hydrogens (tertiary/aromatic N) is 2. The molecular formula is C31H28N2O2S. The maximum atomic E-state index is 13.9. The van der Waals surface area contributed by atoms with Gasteiger partial charge >= 0.3 is 0 Å². The lowest BCUT2D eigenvalue weighted by Crippen LogP contribution is -2.29. The van der Waals surface area contributed by atoms with Crippen LogP contribution in [0.25, 0.3) is 16.8 Å². The first-order chi connectivity index (χ1) is 17.4. The molecular weight excluding hydrogens is 464 g/mol. The Labute approximate surface area is 216 Å². The molecule has 0 saturated carbocycles. The lowest BCUT2D eigenvalue weighted by molar-refractivity contribution is -0.113. The number of carbonyl (C=O) groups excluding carboxylic acids is 1. The molecule has 1 amide bonds. The van der Waals surface area contributed by atoms with Crippen LogP contribution in [0.4, 0.5) is 11.4 Å². The van der Waals surface area contributed by atoms with E-state index in [1.165, 1.54) is 11.8 Å². The minimum atomic E-state index is -0.0716. The lowest BCUT2D eigenvalue weighted by atomic mass is 10.0. The largest absolute Gasteiger partial charge is 0.496 e. The molecule has 36 heavy (non-hydrogen) atoms. The number of methoxy groups -OCH3 is 1. The molecule has 0 spiro atoms. The summed E-state index contributed by atoms with van der Waals surface area (Å²) < 4.78 is 5.56. The van der Waals surface area contributed by atoms with E-state index in [1.807, 2.05) is 57.2 Å². The number of carbonyl (C=O) groups is 1. The molecule has 0 atom stereocenters. The third-order valence-electron chi connectivity index (χ3n) is 6.42. The average Bonchev–Trinajstić information content (AvgIpc) is 3.17. The Morgan fingerprint density at radius 1 is 0.833 bits per heavy atom. The third kappa shape index (κ3) is 4.42. The summed E-state index contributed by atoms with van der Waals surface area (Å²) >= 11 is 1.42. The van der Waals surface area contributed by atoms with Crippen LogP contribution in [0, 0.1) is 27.7 Å². The quantitative estimate of drug-likeness (QED) is 0.272. The SMILES string of the molecule is COc1ccc(/C=C2\SC(=Nc3cc(C)ccc3C)N(c3cc(C)ccc3C)C2=O)c2ccccc12. The summed E-state index contributed by atoms with van der Waals surface area (Å²) in [5.41, 5.74) is 7.03. The van der Waals surface area contributed by atoms with Crippen molar-refractivity contribution in [1.29, 1.82) is 0 Å². The normalized spacial score (nSPS) is 15.9. The van der Waals surface area contributed by atoms with E-state index < -0.39 is 0 Å². The van der Waals surface area contributed by atoms with Crippen molar-refractivity contribution in [3.8, 4) is 5.75 Å². The maximum Gasteiger partial charge on any atom is 0.271 e. The Morgan fingerprint density at radius 2 is 1.53 bits per heavy atom. The number of amides is 1. The summed E-state index contributed by atoms with van der Waals surface area (Å²) in [5, 5.41) is 2.71. The number of ether oxygens (including phenoxy) is 1. The Hall–Kier alpha value is -3.83. The third-order valence-corrected chi connectivity index (χ3v) is 7.39. The Balaban J connectivity index is 1.67. The predicted molar refractivity (Wildman–Crippen MR) is 152 cm³/mol. The van der Waals surface area contributed by atoms with Crippen molar-refractivity contribution in [3.05, 3.63) is 106 Å². The van der Waals surface area contributed by atoms with Crippen LogP contribution in [0.2, 0.25) is 0 Å². The molecule has 0 aromatic heterocycles. The van der Waals surface area contributed by atoms with Crippen LogP contribution in [-0.4, -0.2) is 18.2 Å². The van der Waals surface area contributed by atoms with Crippen molar-refractivity contribution in [3.63, 3.8) is 0 Å². The van der Waals surface area contributed by atoms with Crippen LogP contribution in [0.3, 0.4) is 0 Å². The predicted octanol–water partition coefficient (Wildman–Crippen LogP) is 7.89. The molecule has 1 heterocycles. The number of amidine groups is 1. The molecule has 0 aliphatic carbocycles. The van der Waals surface area contributed by atoms with Gasteiger partial charge in [0.1, 0.15) is 5.75 Å². The standard InChI is InChI=1S/C31H28N2O2S/c1-19-10-12-21(3)26(16-19)32-31-33(27-17-20(2)11-13-22(27)4)30(34)29(36-31)18-23-14-15-28(35-5)25-9-7-6-8-24(23)25/h6-18H,1-5H3/b29-18-,32-31?. The molecule has 4 aromatic rings. The van der Waals surface area contributed by atoms with E-state index in [2.05, 4.69) is 49.4 Å². The van der Waals surface area contributed by atoms with Gasteiger partial charge in [-0.05, 0) is 96.9 Å². The Morgan fingerprint density at radius 3 is 2.28 bits per heavy atom. The highest BCUT2D eigenvalue weighted by Gasteiger charge is 2.35. The van der Waals surface area contributed by atoms with E-state index in [-0.39, 0.29) is 5.91 Å². The van der Waals surface area contributed by atoms with Gasteiger partial charge in [-0.3, -0.25) is 9.69 Å². The molecule has 5 rings (SSSR count). The van der Waals surface area contributed by atoms with E-state index in [4.69, 9.17) is 9.73 Å². The second-order valence-electron chi connectivity index (χ2n) is 9.13.